The molecule has 3 heterocycles. The molecule has 0 unspecified atom stereocenters. The lowest BCUT2D eigenvalue weighted by atomic mass is 9.97. The Balaban J connectivity index is 1.45. The van der Waals surface area contributed by atoms with Crippen LogP contribution in [0.5, 0.6) is 0 Å². The van der Waals surface area contributed by atoms with Crippen LogP contribution in [0.3, 0.4) is 0 Å². The number of alkyl halides is 3. The predicted octanol–water partition coefficient (Wildman–Crippen LogP) is 4.10. The molecule has 4 rings (SSSR count). The van der Waals surface area contributed by atoms with Gasteiger partial charge >= 0.3 is 6.18 Å². The summed E-state index contributed by atoms with van der Waals surface area (Å²) in [4.78, 5) is 12.5. The minimum Gasteiger partial charge on any atom is -0.467 e. The molecular weight excluding hydrogens is 481 g/mol. The third-order valence-electron chi connectivity index (χ3n) is 4.99. The molecule has 0 bridgehead atoms. The standard InChI is InChI=1S/C20H18ClF3N6O2S/c21-12-5-3-11(4-6-12)14-8-16(20(22,23)24)30-17(26-14)9-15(29-30)18(31)27-28-19(33)25-10-13-2-1-7-32-13/h1-7,9,14,16,26H,8,10H2,(H,27,31)(H2,25,28,33)/t14-,16-/m0/s1. The fourth-order valence-electron chi connectivity index (χ4n) is 3.40. The number of amides is 1. The largest absolute Gasteiger partial charge is 0.467 e. The normalized spacial score (nSPS) is 17.6. The predicted molar refractivity (Wildman–Crippen MR) is 118 cm³/mol. The molecule has 174 valence electrons. The van der Waals surface area contributed by atoms with E-state index in [1.54, 1.807) is 36.4 Å². The fourth-order valence-corrected chi connectivity index (χ4v) is 3.65. The number of benzene rings is 1. The average Bonchev–Trinajstić information content (AvgIpc) is 3.44. The molecule has 1 aliphatic heterocycles. The van der Waals surface area contributed by atoms with Gasteiger partial charge < -0.3 is 15.1 Å². The van der Waals surface area contributed by atoms with Crippen molar-refractivity contribution in [2.45, 2.75) is 31.2 Å². The summed E-state index contributed by atoms with van der Waals surface area (Å²) in [7, 11) is 0. The molecule has 0 aliphatic carbocycles. The molecule has 3 aromatic rings. The minimum atomic E-state index is -4.56. The molecule has 2 aromatic heterocycles. The Kier molecular flexibility index (Phi) is 6.47. The third kappa shape index (κ3) is 5.40. The number of hydrogen-bond acceptors (Lipinski definition) is 5. The number of halogens is 4. The van der Waals surface area contributed by atoms with Crippen molar-refractivity contribution in [3.63, 3.8) is 0 Å². The minimum absolute atomic E-state index is 0.0761. The molecule has 8 nitrogen and oxygen atoms in total. The second-order valence-corrected chi connectivity index (χ2v) is 8.09. The van der Waals surface area contributed by atoms with E-state index in [1.807, 2.05) is 0 Å². The van der Waals surface area contributed by atoms with Gasteiger partial charge in [0.25, 0.3) is 5.91 Å². The first kappa shape index (κ1) is 22.9. The third-order valence-corrected chi connectivity index (χ3v) is 5.49. The van der Waals surface area contributed by atoms with Gasteiger partial charge in [-0.15, -0.1) is 0 Å². The summed E-state index contributed by atoms with van der Waals surface area (Å²) in [5.41, 5.74) is 5.23. The fraction of sp³-hybridized carbons (Fsp3) is 0.250. The number of nitrogens with zero attached hydrogens (tertiary/aromatic N) is 2. The van der Waals surface area contributed by atoms with E-state index in [0.717, 1.165) is 4.68 Å². The van der Waals surface area contributed by atoms with Crippen LogP contribution in [0.25, 0.3) is 0 Å². The van der Waals surface area contributed by atoms with E-state index < -0.39 is 24.2 Å². The van der Waals surface area contributed by atoms with Gasteiger partial charge in [0.2, 0.25) is 0 Å². The van der Waals surface area contributed by atoms with Crippen LogP contribution in [0.15, 0.2) is 53.1 Å². The zero-order chi connectivity index (χ0) is 23.6. The highest BCUT2D eigenvalue weighted by atomic mass is 35.5. The van der Waals surface area contributed by atoms with Gasteiger partial charge in [-0.05, 0) is 42.0 Å². The summed E-state index contributed by atoms with van der Waals surface area (Å²) in [6.07, 6.45) is -3.34. The number of hydrazine groups is 1. The smallest absolute Gasteiger partial charge is 0.410 e. The molecule has 1 amide bonds. The summed E-state index contributed by atoms with van der Waals surface area (Å²) < 4.78 is 47.3. The highest BCUT2D eigenvalue weighted by Gasteiger charge is 2.46. The number of rotatable bonds is 4. The van der Waals surface area contributed by atoms with Crippen LogP contribution in [0, 0.1) is 0 Å². The average molecular weight is 499 g/mol. The lowest BCUT2D eigenvalue weighted by Crippen LogP contribution is -2.46. The van der Waals surface area contributed by atoms with Gasteiger partial charge in [-0.3, -0.25) is 15.6 Å². The molecule has 0 spiro atoms. The van der Waals surface area contributed by atoms with Crippen molar-refractivity contribution >= 4 is 40.7 Å². The molecule has 13 heteroatoms. The molecule has 0 fully saturated rings. The summed E-state index contributed by atoms with van der Waals surface area (Å²) in [5.74, 6) is -0.0382. The van der Waals surface area contributed by atoms with E-state index in [2.05, 4.69) is 26.6 Å². The second-order valence-electron chi connectivity index (χ2n) is 7.24. The van der Waals surface area contributed by atoms with Crippen molar-refractivity contribution < 1.29 is 22.4 Å². The monoisotopic (exact) mass is 498 g/mol. The Morgan fingerprint density at radius 3 is 2.70 bits per heavy atom. The molecular formula is C20H18ClF3N6O2S. The maximum Gasteiger partial charge on any atom is 0.410 e. The number of anilines is 1. The van der Waals surface area contributed by atoms with Crippen molar-refractivity contribution in [3.8, 4) is 0 Å². The SMILES string of the molecule is O=C(NNC(=S)NCc1ccco1)c1cc2n(n1)[C@H](C(F)(F)F)C[C@@H](c1ccc(Cl)cc1)N2. The first-order chi connectivity index (χ1) is 15.7. The maximum atomic E-state index is 13.8. The Hall–Kier alpha value is -3.25. The van der Waals surface area contributed by atoms with Crippen LogP contribution >= 0.6 is 23.8 Å². The Morgan fingerprint density at radius 2 is 2.03 bits per heavy atom. The number of carbonyl (C=O) groups excluding carboxylic acids is 1. The van der Waals surface area contributed by atoms with Gasteiger partial charge in [0.05, 0.1) is 18.8 Å². The van der Waals surface area contributed by atoms with Gasteiger partial charge in [0.1, 0.15) is 11.6 Å². The van der Waals surface area contributed by atoms with Crippen LogP contribution in [-0.4, -0.2) is 27.0 Å². The Morgan fingerprint density at radius 1 is 1.27 bits per heavy atom. The van der Waals surface area contributed by atoms with Gasteiger partial charge in [0, 0.05) is 17.5 Å². The molecule has 0 saturated carbocycles. The summed E-state index contributed by atoms with van der Waals surface area (Å²) in [6.45, 7) is 0.288. The van der Waals surface area contributed by atoms with Crippen LogP contribution in [0.2, 0.25) is 5.02 Å². The van der Waals surface area contributed by atoms with E-state index in [1.165, 1.54) is 12.3 Å². The summed E-state index contributed by atoms with van der Waals surface area (Å²) >= 11 is 10.9. The molecule has 0 saturated heterocycles. The molecule has 1 aliphatic rings. The van der Waals surface area contributed by atoms with E-state index in [9.17, 15) is 18.0 Å². The van der Waals surface area contributed by atoms with E-state index in [0.29, 0.717) is 16.3 Å². The van der Waals surface area contributed by atoms with Crippen molar-refractivity contribution in [1.29, 1.82) is 0 Å². The Labute approximate surface area is 196 Å². The maximum absolute atomic E-state index is 13.8. The molecule has 2 atom stereocenters. The van der Waals surface area contributed by atoms with Crippen molar-refractivity contribution in [2.75, 3.05) is 5.32 Å². The first-order valence-corrected chi connectivity index (χ1v) is 10.5. The molecule has 33 heavy (non-hydrogen) atoms. The molecule has 4 N–H and O–H groups in total. The lowest BCUT2D eigenvalue weighted by Gasteiger charge is -2.33. The number of furan rings is 1. The first-order valence-electron chi connectivity index (χ1n) is 9.75. The highest BCUT2D eigenvalue weighted by molar-refractivity contribution is 7.80. The van der Waals surface area contributed by atoms with Crippen molar-refractivity contribution in [3.05, 3.63) is 70.8 Å². The van der Waals surface area contributed by atoms with Crippen LogP contribution in [0.4, 0.5) is 19.0 Å². The number of nitrogens with one attached hydrogen (secondary N) is 4. The van der Waals surface area contributed by atoms with E-state index >= 15 is 0 Å². The van der Waals surface area contributed by atoms with Gasteiger partial charge in [0.15, 0.2) is 16.8 Å². The van der Waals surface area contributed by atoms with Crippen LogP contribution < -0.4 is 21.5 Å². The quantitative estimate of drug-likeness (QED) is 0.318. The summed E-state index contributed by atoms with van der Waals surface area (Å²) in [6, 6.07) is 8.73. The topological polar surface area (TPSA) is 96.2 Å². The number of carbonyl (C=O) groups is 1. The van der Waals surface area contributed by atoms with Gasteiger partial charge in [-0.25, -0.2) is 4.68 Å². The van der Waals surface area contributed by atoms with Crippen molar-refractivity contribution in [1.82, 2.24) is 25.9 Å². The molecule has 0 radical (unpaired) electrons. The number of fused-ring (bicyclic) bond motifs is 1. The van der Waals surface area contributed by atoms with E-state index in [-0.39, 0.29) is 29.6 Å². The van der Waals surface area contributed by atoms with Gasteiger partial charge in [-0.1, -0.05) is 23.7 Å². The molecule has 1 aromatic carbocycles. The number of aromatic nitrogens is 2. The second kappa shape index (κ2) is 9.32. The number of thiocarbonyl (C=S) groups is 1. The zero-order valence-electron chi connectivity index (χ0n) is 16.8. The van der Waals surface area contributed by atoms with Crippen LogP contribution in [-0.2, 0) is 6.54 Å². The van der Waals surface area contributed by atoms with Gasteiger partial charge in [-0.2, -0.15) is 18.3 Å². The highest BCUT2D eigenvalue weighted by Crippen LogP contribution is 2.43. The van der Waals surface area contributed by atoms with Crippen molar-refractivity contribution in [2.24, 2.45) is 0 Å². The lowest BCUT2D eigenvalue weighted by molar-refractivity contribution is -0.173. The van der Waals surface area contributed by atoms with Crippen LogP contribution in [0.1, 0.15) is 40.3 Å². The Bertz CT molecular complexity index is 1130. The summed E-state index contributed by atoms with van der Waals surface area (Å²) in [5, 5.41) is 10.3. The van der Waals surface area contributed by atoms with E-state index in [4.69, 9.17) is 28.2 Å². The number of hydrogen-bond donors (Lipinski definition) is 4. The zero-order valence-corrected chi connectivity index (χ0v) is 18.4.